The monoisotopic (exact) mass is 350 g/mol. The first-order chi connectivity index (χ1) is 10.9. The first kappa shape index (κ1) is 15.8. The van der Waals surface area contributed by atoms with Crippen molar-refractivity contribution in [3.63, 3.8) is 0 Å². The molecular formula is C16H15ClN2O3S. The summed E-state index contributed by atoms with van der Waals surface area (Å²) in [6.07, 6.45) is 1.78. The average Bonchev–Trinajstić information content (AvgIpc) is 3.34. The SMILES string of the molecule is O=C(Nc1cccc(S(=O)(=O)Nc2ccc(Cl)cc2)c1)C1CC1. The van der Waals surface area contributed by atoms with E-state index in [1.807, 2.05) is 0 Å². The second-order valence-electron chi connectivity index (χ2n) is 5.40. The molecule has 1 fully saturated rings. The fraction of sp³-hybridized carbons (Fsp3) is 0.188. The van der Waals surface area contributed by atoms with Crippen molar-refractivity contribution in [3.05, 3.63) is 53.6 Å². The highest BCUT2D eigenvalue weighted by atomic mass is 35.5. The third-order valence-corrected chi connectivity index (χ3v) is 5.09. The van der Waals surface area contributed by atoms with Gasteiger partial charge in [-0.1, -0.05) is 17.7 Å². The molecule has 0 unspecified atom stereocenters. The molecule has 2 aromatic carbocycles. The van der Waals surface area contributed by atoms with Gasteiger partial charge in [0.25, 0.3) is 10.0 Å². The molecule has 1 saturated carbocycles. The van der Waals surface area contributed by atoms with Gasteiger partial charge in [0.2, 0.25) is 5.91 Å². The van der Waals surface area contributed by atoms with Crippen molar-refractivity contribution in [2.75, 3.05) is 10.0 Å². The Morgan fingerprint density at radius 3 is 2.39 bits per heavy atom. The summed E-state index contributed by atoms with van der Waals surface area (Å²) in [6.45, 7) is 0. The zero-order valence-electron chi connectivity index (χ0n) is 12.1. The van der Waals surface area contributed by atoms with E-state index in [0.717, 1.165) is 12.8 Å². The number of halogens is 1. The lowest BCUT2D eigenvalue weighted by molar-refractivity contribution is -0.117. The van der Waals surface area contributed by atoms with Crippen LogP contribution in [0.2, 0.25) is 5.02 Å². The molecule has 5 nitrogen and oxygen atoms in total. The topological polar surface area (TPSA) is 75.3 Å². The number of rotatable bonds is 5. The zero-order chi connectivity index (χ0) is 16.4. The highest BCUT2D eigenvalue weighted by Crippen LogP contribution is 2.30. The molecule has 0 saturated heterocycles. The molecule has 2 aromatic rings. The molecule has 0 atom stereocenters. The first-order valence-corrected chi connectivity index (χ1v) is 8.99. The summed E-state index contributed by atoms with van der Waals surface area (Å²) in [7, 11) is -3.73. The summed E-state index contributed by atoms with van der Waals surface area (Å²) in [6, 6.07) is 12.6. The van der Waals surface area contributed by atoms with E-state index < -0.39 is 10.0 Å². The molecule has 120 valence electrons. The number of carbonyl (C=O) groups is 1. The van der Waals surface area contributed by atoms with Crippen LogP contribution < -0.4 is 10.0 Å². The van der Waals surface area contributed by atoms with Gasteiger partial charge in [-0.2, -0.15) is 0 Å². The van der Waals surface area contributed by atoms with Gasteiger partial charge in [-0.25, -0.2) is 8.42 Å². The quantitative estimate of drug-likeness (QED) is 0.866. The summed E-state index contributed by atoms with van der Waals surface area (Å²) in [5.74, 6) is -0.00679. The highest BCUT2D eigenvalue weighted by Gasteiger charge is 2.29. The van der Waals surface area contributed by atoms with Gasteiger partial charge in [0.15, 0.2) is 0 Å². The normalized spacial score (nSPS) is 14.3. The lowest BCUT2D eigenvalue weighted by atomic mass is 10.3. The largest absolute Gasteiger partial charge is 0.326 e. The number of hydrogen-bond acceptors (Lipinski definition) is 3. The molecule has 0 aromatic heterocycles. The summed E-state index contributed by atoms with van der Waals surface area (Å²) >= 11 is 5.78. The minimum absolute atomic E-state index is 0.0578. The number of anilines is 2. The molecule has 7 heteroatoms. The van der Waals surface area contributed by atoms with Gasteiger partial charge in [0, 0.05) is 22.3 Å². The minimum Gasteiger partial charge on any atom is -0.326 e. The van der Waals surface area contributed by atoms with Crippen LogP contribution in [0.1, 0.15) is 12.8 Å². The maximum atomic E-state index is 12.4. The van der Waals surface area contributed by atoms with Crippen molar-refractivity contribution >= 4 is 38.9 Å². The Kier molecular flexibility index (Phi) is 4.28. The number of carbonyl (C=O) groups excluding carboxylic acids is 1. The molecular weight excluding hydrogens is 336 g/mol. The maximum Gasteiger partial charge on any atom is 0.261 e. The summed E-state index contributed by atoms with van der Waals surface area (Å²) in [5.41, 5.74) is 0.891. The standard InChI is InChI=1S/C16H15ClN2O3S/c17-12-6-8-13(9-7-12)19-23(21,22)15-3-1-2-14(10-15)18-16(20)11-4-5-11/h1-3,6-11,19H,4-5H2,(H,18,20). The minimum atomic E-state index is -3.73. The Morgan fingerprint density at radius 2 is 1.74 bits per heavy atom. The van der Waals surface area contributed by atoms with E-state index in [1.54, 1.807) is 36.4 Å². The van der Waals surface area contributed by atoms with Crippen molar-refractivity contribution < 1.29 is 13.2 Å². The predicted molar refractivity (Wildman–Crippen MR) is 90.1 cm³/mol. The van der Waals surface area contributed by atoms with Crippen molar-refractivity contribution in [3.8, 4) is 0 Å². The average molecular weight is 351 g/mol. The molecule has 1 aliphatic carbocycles. The van der Waals surface area contributed by atoms with Crippen LogP contribution in [-0.4, -0.2) is 14.3 Å². The smallest absolute Gasteiger partial charge is 0.261 e. The van der Waals surface area contributed by atoms with E-state index in [4.69, 9.17) is 11.6 Å². The molecule has 0 heterocycles. The van der Waals surface area contributed by atoms with Crippen LogP contribution >= 0.6 is 11.6 Å². The van der Waals surface area contributed by atoms with Gasteiger partial charge in [-0.15, -0.1) is 0 Å². The van der Waals surface area contributed by atoms with Crippen molar-refractivity contribution in [1.82, 2.24) is 0 Å². The zero-order valence-corrected chi connectivity index (χ0v) is 13.7. The Balaban J connectivity index is 1.78. The summed E-state index contributed by atoms with van der Waals surface area (Å²) in [4.78, 5) is 11.9. The van der Waals surface area contributed by atoms with Crippen LogP contribution in [0.4, 0.5) is 11.4 Å². The van der Waals surface area contributed by atoms with Crippen molar-refractivity contribution in [2.45, 2.75) is 17.7 Å². The van der Waals surface area contributed by atoms with E-state index >= 15 is 0 Å². The lowest BCUT2D eigenvalue weighted by Gasteiger charge is -2.10. The van der Waals surface area contributed by atoms with E-state index in [2.05, 4.69) is 10.0 Å². The van der Waals surface area contributed by atoms with Crippen LogP contribution in [0.3, 0.4) is 0 Å². The fourth-order valence-electron chi connectivity index (χ4n) is 2.06. The Morgan fingerprint density at radius 1 is 1.04 bits per heavy atom. The van der Waals surface area contributed by atoms with E-state index in [0.29, 0.717) is 16.4 Å². The van der Waals surface area contributed by atoms with Gasteiger partial charge in [0.1, 0.15) is 0 Å². The van der Waals surface area contributed by atoms with E-state index in [-0.39, 0.29) is 16.7 Å². The van der Waals surface area contributed by atoms with Crippen LogP contribution in [0, 0.1) is 5.92 Å². The predicted octanol–water partition coefficient (Wildman–Crippen LogP) is 3.49. The molecule has 0 bridgehead atoms. The highest BCUT2D eigenvalue weighted by molar-refractivity contribution is 7.92. The van der Waals surface area contributed by atoms with Gasteiger partial charge in [-0.05, 0) is 55.3 Å². The second-order valence-corrected chi connectivity index (χ2v) is 7.52. The fourth-order valence-corrected chi connectivity index (χ4v) is 3.29. The van der Waals surface area contributed by atoms with E-state index in [1.165, 1.54) is 12.1 Å². The molecule has 2 N–H and O–H groups in total. The van der Waals surface area contributed by atoms with Crippen molar-refractivity contribution in [2.24, 2.45) is 5.92 Å². The van der Waals surface area contributed by atoms with Gasteiger partial charge >= 0.3 is 0 Å². The Hall–Kier alpha value is -2.05. The van der Waals surface area contributed by atoms with Crippen LogP contribution in [0.15, 0.2) is 53.4 Å². The maximum absolute atomic E-state index is 12.4. The second kappa shape index (κ2) is 6.22. The third kappa shape index (κ3) is 4.03. The van der Waals surface area contributed by atoms with Gasteiger partial charge in [-0.3, -0.25) is 9.52 Å². The number of amides is 1. The number of nitrogens with one attached hydrogen (secondary N) is 2. The molecule has 0 aliphatic heterocycles. The number of hydrogen-bond donors (Lipinski definition) is 2. The van der Waals surface area contributed by atoms with Gasteiger partial charge < -0.3 is 5.32 Å². The lowest BCUT2D eigenvalue weighted by Crippen LogP contribution is -2.15. The molecule has 1 aliphatic rings. The Bertz CT molecular complexity index is 831. The Labute approximate surface area is 139 Å². The van der Waals surface area contributed by atoms with E-state index in [9.17, 15) is 13.2 Å². The van der Waals surface area contributed by atoms with Gasteiger partial charge in [0.05, 0.1) is 4.90 Å². The molecule has 0 radical (unpaired) electrons. The molecule has 1 amide bonds. The number of benzene rings is 2. The molecule has 23 heavy (non-hydrogen) atoms. The van der Waals surface area contributed by atoms with Crippen LogP contribution in [-0.2, 0) is 14.8 Å². The molecule has 0 spiro atoms. The first-order valence-electron chi connectivity index (χ1n) is 7.13. The summed E-state index contributed by atoms with van der Waals surface area (Å²) in [5, 5.41) is 3.26. The number of sulfonamides is 1. The third-order valence-electron chi connectivity index (χ3n) is 3.46. The van der Waals surface area contributed by atoms with Crippen molar-refractivity contribution in [1.29, 1.82) is 0 Å². The molecule has 3 rings (SSSR count). The van der Waals surface area contributed by atoms with Crippen LogP contribution in [0.5, 0.6) is 0 Å². The van der Waals surface area contributed by atoms with Crippen LogP contribution in [0.25, 0.3) is 0 Å². The summed E-state index contributed by atoms with van der Waals surface area (Å²) < 4.78 is 27.3.